The van der Waals surface area contributed by atoms with Gasteiger partial charge >= 0.3 is 0 Å². The summed E-state index contributed by atoms with van der Waals surface area (Å²) in [6, 6.07) is 16.9. The minimum absolute atomic E-state index is 0.0777. The number of nitrogens with zero attached hydrogens (tertiary/aromatic N) is 1. The lowest BCUT2D eigenvalue weighted by Gasteiger charge is -2.19. The zero-order valence-corrected chi connectivity index (χ0v) is 16.4. The molecular weight excluding hydrogens is 374 g/mol. The number of methoxy groups -OCH3 is 1. The Kier molecular flexibility index (Phi) is 5.50. The first-order valence-electron chi connectivity index (χ1n) is 9.27. The van der Waals surface area contributed by atoms with Crippen molar-refractivity contribution < 1.29 is 19.1 Å². The Morgan fingerprint density at radius 3 is 2.46 bits per heavy atom. The number of rotatable bonds is 6. The van der Waals surface area contributed by atoms with Crippen molar-refractivity contribution >= 4 is 29.1 Å². The van der Waals surface area contributed by atoms with Crippen LogP contribution in [0.25, 0.3) is 5.57 Å². The van der Waals surface area contributed by atoms with Gasteiger partial charge < -0.3 is 9.47 Å². The summed E-state index contributed by atoms with van der Waals surface area (Å²) in [7, 11) is 1.60. The number of carbonyl (C=O) groups is 2. The minimum Gasteiger partial charge on any atom is -0.497 e. The van der Waals surface area contributed by atoms with Gasteiger partial charge in [0.15, 0.2) is 0 Å². The molecule has 144 valence electrons. The predicted octanol–water partition coefficient (Wildman–Crippen LogP) is 3.75. The van der Waals surface area contributed by atoms with Crippen LogP contribution in [0.1, 0.15) is 18.4 Å². The van der Waals surface area contributed by atoms with E-state index in [0.29, 0.717) is 34.9 Å². The molecule has 1 saturated heterocycles. The molecule has 0 saturated carbocycles. The van der Waals surface area contributed by atoms with E-state index in [1.165, 1.54) is 16.7 Å². The lowest BCUT2D eigenvalue weighted by molar-refractivity contribution is -0.138. The zero-order valence-electron chi connectivity index (χ0n) is 15.6. The van der Waals surface area contributed by atoms with E-state index in [-0.39, 0.29) is 17.9 Å². The Morgan fingerprint density at radius 2 is 1.82 bits per heavy atom. The van der Waals surface area contributed by atoms with Gasteiger partial charge in [0, 0.05) is 11.5 Å². The van der Waals surface area contributed by atoms with Crippen LogP contribution in [0.3, 0.4) is 0 Å². The highest BCUT2D eigenvalue weighted by molar-refractivity contribution is 8.04. The maximum atomic E-state index is 13.2. The molecule has 2 amide bonds. The molecule has 2 aromatic carbocycles. The zero-order chi connectivity index (χ0) is 19.5. The van der Waals surface area contributed by atoms with Gasteiger partial charge in [-0.1, -0.05) is 42.1 Å². The Hall–Kier alpha value is -2.57. The second-order valence-corrected chi connectivity index (χ2v) is 7.79. The van der Waals surface area contributed by atoms with Crippen LogP contribution in [-0.4, -0.2) is 43.1 Å². The van der Waals surface area contributed by atoms with E-state index in [2.05, 4.69) is 0 Å². The van der Waals surface area contributed by atoms with E-state index in [1.807, 2.05) is 42.5 Å². The molecule has 1 atom stereocenters. The highest BCUT2D eigenvalue weighted by Crippen LogP contribution is 2.40. The smallest absolute Gasteiger partial charge is 0.268 e. The van der Waals surface area contributed by atoms with Gasteiger partial charge in [-0.3, -0.25) is 14.5 Å². The van der Waals surface area contributed by atoms with Crippen LogP contribution in [0.4, 0.5) is 0 Å². The first-order valence-corrected chi connectivity index (χ1v) is 10.1. The SMILES string of the molecule is COc1ccc(C2=C(Sc3ccccc3)C(=O)N(CC3CCCO3)C2=O)cc1. The van der Waals surface area contributed by atoms with E-state index in [9.17, 15) is 9.59 Å². The van der Waals surface area contributed by atoms with Crippen molar-refractivity contribution in [3.8, 4) is 5.75 Å². The number of carbonyl (C=O) groups excluding carboxylic acids is 2. The van der Waals surface area contributed by atoms with Gasteiger partial charge in [-0.05, 0) is 42.7 Å². The minimum atomic E-state index is -0.260. The maximum absolute atomic E-state index is 13.2. The summed E-state index contributed by atoms with van der Waals surface area (Å²) in [5.74, 6) is 0.193. The molecule has 1 fully saturated rings. The van der Waals surface area contributed by atoms with Gasteiger partial charge in [-0.15, -0.1) is 0 Å². The highest BCUT2D eigenvalue weighted by Gasteiger charge is 2.40. The van der Waals surface area contributed by atoms with Crippen LogP contribution in [0, 0.1) is 0 Å². The molecule has 2 aromatic rings. The van der Waals surface area contributed by atoms with Gasteiger partial charge in [0.25, 0.3) is 11.8 Å². The number of ether oxygens (including phenoxy) is 2. The fourth-order valence-corrected chi connectivity index (χ4v) is 4.46. The summed E-state index contributed by atoms with van der Waals surface area (Å²) >= 11 is 1.33. The Morgan fingerprint density at radius 1 is 1.07 bits per heavy atom. The Labute approximate surface area is 168 Å². The van der Waals surface area contributed by atoms with Crippen molar-refractivity contribution in [3.63, 3.8) is 0 Å². The van der Waals surface area contributed by atoms with Gasteiger partial charge in [-0.2, -0.15) is 0 Å². The third kappa shape index (κ3) is 3.70. The van der Waals surface area contributed by atoms with E-state index < -0.39 is 0 Å². The average molecular weight is 395 g/mol. The summed E-state index contributed by atoms with van der Waals surface area (Å²) in [5.41, 5.74) is 1.16. The van der Waals surface area contributed by atoms with Crippen LogP contribution in [-0.2, 0) is 14.3 Å². The molecule has 2 aliphatic heterocycles. The fourth-order valence-electron chi connectivity index (χ4n) is 3.42. The van der Waals surface area contributed by atoms with Crippen LogP contribution >= 0.6 is 11.8 Å². The number of hydrogen-bond donors (Lipinski definition) is 0. The van der Waals surface area contributed by atoms with Crippen molar-refractivity contribution in [1.29, 1.82) is 0 Å². The molecule has 0 bridgehead atoms. The molecule has 6 heteroatoms. The largest absolute Gasteiger partial charge is 0.497 e. The van der Waals surface area contributed by atoms with Crippen LogP contribution < -0.4 is 4.74 Å². The second kappa shape index (κ2) is 8.20. The van der Waals surface area contributed by atoms with E-state index in [0.717, 1.165) is 17.7 Å². The summed E-state index contributed by atoms with van der Waals surface area (Å²) in [5, 5.41) is 0. The number of hydrogen-bond acceptors (Lipinski definition) is 5. The van der Waals surface area contributed by atoms with Gasteiger partial charge in [-0.25, -0.2) is 0 Å². The summed E-state index contributed by atoms with van der Waals surface area (Å²) in [6.07, 6.45) is 1.76. The van der Waals surface area contributed by atoms with Crippen LogP contribution in [0.2, 0.25) is 0 Å². The number of amides is 2. The Bertz CT molecular complexity index is 902. The molecule has 2 heterocycles. The summed E-state index contributed by atoms with van der Waals surface area (Å²) in [4.78, 5) is 29.1. The first-order chi connectivity index (χ1) is 13.7. The van der Waals surface area contributed by atoms with Gasteiger partial charge in [0.05, 0.1) is 30.2 Å². The van der Waals surface area contributed by atoms with Crippen molar-refractivity contribution in [2.75, 3.05) is 20.3 Å². The fraction of sp³-hybridized carbons (Fsp3) is 0.273. The molecule has 0 N–H and O–H groups in total. The maximum Gasteiger partial charge on any atom is 0.268 e. The third-order valence-electron chi connectivity index (χ3n) is 4.88. The molecule has 4 rings (SSSR count). The molecule has 0 aliphatic carbocycles. The average Bonchev–Trinajstić information content (AvgIpc) is 3.32. The highest BCUT2D eigenvalue weighted by atomic mass is 32.2. The quantitative estimate of drug-likeness (QED) is 0.698. The molecule has 0 spiro atoms. The molecule has 5 nitrogen and oxygen atoms in total. The molecule has 28 heavy (non-hydrogen) atoms. The van der Waals surface area contributed by atoms with Crippen molar-refractivity contribution in [2.45, 2.75) is 23.8 Å². The van der Waals surface area contributed by atoms with Gasteiger partial charge in [0.2, 0.25) is 0 Å². The van der Waals surface area contributed by atoms with Crippen molar-refractivity contribution in [1.82, 2.24) is 4.90 Å². The van der Waals surface area contributed by atoms with E-state index in [4.69, 9.17) is 9.47 Å². The summed E-state index contributed by atoms with van der Waals surface area (Å²) in [6.45, 7) is 0.988. The first kappa shape index (κ1) is 18.8. The Balaban J connectivity index is 1.70. The molecule has 2 aliphatic rings. The topological polar surface area (TPSA) is 55.8 Å². The number of benzene rings is 2. The third-order valence-corrected chi connectivity index (χ3v) is 5.97. The lowest BCUT2D eigenvalue weighted by Crippen LogP contribution is -2.37. The number of thioether (sulfide) groups is 1. The second-order valence-electron chi connectivity index (χ2n) is 6.70. The van der Waals surface area contributed by atoms with Crippen molar-refractivity contribution in [3.05, 3.63) is 65.1 Å². The van der Waals surface area contributed by atoms with E-state index >= 15 is 0 Å². The molecule has 1 unspecified atom stereocenters. The van der Waals surface area contributed by atoms with E-state index in [1.54, 1.807) is 19.2 Å². The molecule has 0 aromatic heterocycles. The predicted molar refractivity (Wildman–Crippen MR) is 108 cm³/mol. The molecular formula is C22H21NO4S. The molecule has 0 radical (unpaired) electrons. The van der Waals surface area contributed by atoms with Crippen LogP contribution in [0.15, 0.2) is 64.4 Å². The van der Waals surface area contributed by atoms with Crippen molar-refractivity contribution in [2.24, 2.45) is 0 Å². The standard InChI is InChI=1S/C22H21NO4S/c1-26-16-11-9-15(10-12-16)19-20(28-18-7-3-2-4-8-18)22(25)23(21(19)24)14-17-6-5-13-27-17/h2-4,7-12,17H,5-6,13-14H2,1H3. The lowest BCUT2D eigenvalue weighted by atomic mass is 10.1. The van der Waals surface area contributed by atoms with Crippen LogP contribution in [0.5, 0.6) is 5.75 Å². The number of imide groups is 1. The normalized spacial score (nSPS) is 19.6. The monoisotopic (exact) mass is 395 g/mol. The van der Waals surface area contributed by atoms with Gasteiger partial charge in [0.1, 0.15) is 5.75 Å². The summed E-state index contributed by atoms with van der Waals surface area (Å²) < 4.78 is 10.9.